The summed E-state index contributed by atoms with van der Waals surface area (Å²) < 4.78 is 0. The van der Waals surface area contributed by atoms with Crippen LogP contribution < -0.4 is 0 Å². The van der Waals surface area contributed by atoms with Gasteiger partial charge in [0, 0.05) is 4.88 Å². The minimum absolute atomic E-state index is 0.339. The van der Waals surface area contributed by atoms with Crippen molar-refractivity contribution < 1.29 is 9.90 Å². The first-order valence-electron chi connectivity index (χ1n) is 5.22. The summed E-state index contributed by atoms with van der Waals surface area (Å²) in [4.78, 5) is 12.0. The van der Waals surface area contributed by atoms with Gasteiger partial charge in [-0.2, -0.15) is 0 Å². The molecule has 2 nitrogen and oxygen atoms in total. The van der Waals surface area contributed by atoms with Crippen LogP contribution >= 0.6 is 11.3 Å². The Morgan fingerprint density at radius 2 is 2.12 bits per heavy atom. The summed E-state index contributed by atoms with van der Waals surface area (Å²) >= 11 is 1.43. The number of rotatable bonds is 3. The van der Waals surface area contributed by atoms with Gasteiger partial charge in [0.25, 0.3) is 0 Å². The van der Waals surface area contributed by atoms with E-state index in [1.165, 1.54) is 11.3 Å². The van der Waals surface area contributed by atoms with Crippen molar-refractivity contribution in [1.29, 1.82) is 0 Å². The third kappa shape index (κ3) is 2.82. The number of carboxylic acids is 1. The molecule has 0 bridgehead atoms. The van der Waals surface area contributed by atoms with E-state index >= 15 is 0 Å². The minimum atomic E-state index is -0.894. The maximum atomic E-state index is 11.2. The maximum Gasteiger partial charge on any atom is 0.337 e. The van der Waals surface area contributed by atoms with Gasteiger partial charge in [-0.1, -0.05) is 35.9 Å². The first-order chi connectivity index (χ1) is 8.16. The molecule has 0 atom stereocenters. The van der Waals surface area contributed by atoms with E-state index in [2.05, 4.69) is 0 Å². The molecule has 0 fully saturated rings. The molecule has 2 rings (SSSR count). The molecule has 2 aromatic rings. The Morgan fingerprint density at radius 3 is 2.71 bits per heavy atom. The molecule has 0 amide bonds. The lowest BCUT2D eigenvalue weighted by Crippen LogP contribution is -1.97. The zero-order valence-electron chi connectivity index (χ0n) is 9.38. The largest absolute Gasteiger partial charge is 0.478 e. The number of carbonyl (C=O) groups is 1. The summed E-state index contributed by atoms with van der Waals surface area (Å²) in [5, 5.41) is 11.1. The van der Waals surface area contributed by atoms with Gasteiger partial charge >= 0.3 is 5.97 Å². The molecule has 0 aliphatic heterocycles. The van der Waals surface area contributed by atoms with Crippen molar-refractivity contribution in [2.45, 2.75) is 6.92 Å². The second kappa shape index (κ2) is 4.97. The van der Waals surface area contributed by atoms with Crippen LogP contribution in [0.1, 0.15) is 16.0 Å². The average Bonchev–Trinajstić information content (AvgIpc) is 2.78. The highest BCUT2D eigenvalue weighted by atomic mass is 32.1. The summed E-state index contributed by atoms with van der Waals surface area (Å²) in [5.41, 5.74) is 2.37. The second-order valence-corrected chi connectivity index (χ2v) is 4.70. The van der Waals surface area contributed by atoms with E-state index in [0.29, 0.717) is 5.57 Å². The van der Waals surface area contributed by atoms with E-state index in [4.69, 9.17) is 0 Å². The molecule has 0 aliphatic rings. The van der Waals surface area contributed by atoms with Gasteiger partial charge in [-0.05, 0) is 30.0 Å². The van der Waals surface area contributed by atoms with Crippen molar-refractivity contribution in [1.82, 2.24) is 0 Å². The molecule has 1 N–H and O–H groups in total. The van der Waals surface area contributed by atoms with Gasteiger partial charge < -0.3 is 5.11 Å². The van der Waals surface area contributed by atoms with Gasteiger partial charge in [-0.3, -0.25) is 0 Å². The van der Waals surface area contributed by atoms with Crippen molar-refractivity contribution in [3.63, 3.8) is 0 Å². The molecule has 1 aromatic carbocycles. The highest BCUT2D eigenvalue weighted by Gasteiger charge is 2.11. The summed E-state index contributed by atoms with van der Waals surface area (Å²) in [6.45, 7) is 1.99. The van der Waals surface area contributed by atoms with Gasteiger partial charge in [0.15, 0.2) is 0 Å². The Hall–Kier alpha value is -1.87. The zero-order valence-corrected chi connectivity index (χ0v) is 10.2. The van der Waals surface area contributed by atoms with Crippen molar-refractivity contribution >= 4 is 29.0 Å². The van der Waals surface area contributed by atoms with Crippen molar-refractivity contribution in [2.24, 2.45) is 0 Å². The predicted octanol–water partition coefficient (Wildman–Crippen LogP) is 3.68. The number of thiophene rings is 1. The fraction of sp³-hybridized carbons (Fsp3) is 0.0714. The standard InChI is InChI=1S/C14H12O2S/c1-10-4-2-5-11(8-10)9-12(14(15)16)13-6-3-7-17-13/h2-9H,1H3,(H,15,16)/b12-9+. The molecule has 0 aliphatic carbocycles. The quantitative estimate of drug-likeness (QED) is 0.836. The minimum Gasteiger partial charge on any atom is -0.478 e. The first kappa shape index (κ1) is 11.6. The lowest BCUT2D eigenvalue weighted by Gasteiger charge is -2.00. The van der Waals surface area contributed by atoms with Crippen molar-refractivity contribution in [3.8, 4) is 0 Å². The summed E-state index contributed by atoms with van der Waals surface area (Å²) in [5.74, 6) is -0.894. The van der Waals surface area contributed by atoms with Crippen molar-refractivity contribution in [3.05, 3.63) is 57.8 Å². The molecular formula is C14H12O2S. The third-order valence-electron chi connectivity index (χ3n) is 2.37. The monoisotopic (exact) mass is 244 g/mol. The van der Waals surface area contributed by atoms with E-state index in [1.54, 1.807) is 6.08 Å². The fourth-order valence-corrected chi connectivity index (χ4v) is 2.33. The SMILES string of the molecule is Cc1cccc(/C=C(/C(=O)O)c2cccs2)c1. The Balaban J connectivity index is 2.44. The van der Waals surface area contributed by atoms with E-state index in [0.717, 1.165) is 16.0 Å². The summed E-state index contributed by atoms with van der Waals surface area (Å²) in [6.07, 6.45) is 1.71. The number of benzene rings is 1. The zero-order chi connectivity index (χ0) is 12.3. The predicted molar refractivity (Wildman–Crippen MR) is 71.0 cm³/mol. The fourth-order valence-electron chi connectivity index (χ4n) is 1.60. The van der Waals surface area contributed by atoms with E-state index in [9.17, 15) is 9.90 Å². The molecule has 0 saturated carbocycles. The third-order valence-corrected chi connectivity index (χ3v) is 3.27. The molecule has 86 valence electrons. The van der Waals surface area contributed by atoms with E-state index in [-0.39, 0.29) is 0 Å². The van der Waals surface area contributed by atoms with Gasteiger partial charge in [0.1, 0.15) is 0 Å². The van der Waals surface area contributed by atoms with Crippen LogP contribution in [0, 0.1) is 6.92 Å². The molecule has 0 spiro atoms. The summed E-state index contributed by atoms with van der Waals surface area (Å²) in [6, 6.07) is 11.5. The van der Waals surface area contributed by atoms with Crippen LogP contribution in [0.15, 0.2) is 41.8 Å². The molecule has 0 saturated heterocycles. The van der Waals surface area contributed by atoms with Gasteiger partial charge in [-0.25, -0.2) is 4.79 Å². The van der Waals surface area contributed by atoms with Gasteiger partial charge in [-0.15, -0.1) is 11.3 Å². The van der Waals surface area contributed by atoms with Crippen LogP contribution in [0.5, 0.6) is 0 Å². The Kier molecular flexibility index (Phi) is 3.40. The number of aliphatic carboxylic acids is 1. The number of hydrogen-bond acceptors (Lipinski definition) is 2. The second-order valence-electron chi connectivity index (χ2n) is 3.75. The Labute approximate surface area is 104 Å². The summed E-state index contributed by atoms with van der Waals surface area (Å²) in [7, 11) is 0. The molecule has 1 heterocycles. The molecule has 0 unspecified atom stereocenters. The number of aryl methyl sites for hydroxylation is 1. The van der Waals surface area contributed by atoms with Crippen LogP contribution in [0.4, 0.5) is 0 Å². The maximum absolute atomic E-state index is 11.2. The van der Waals surface area contributed by atoms with Crippen molar-refractivity contribution in [2.75, 3.05) is 0 Å². The first-order valence-corrected chi connectivity index (χ1v) is 6.10. The van der Waals surface area contributed by atoms with Gasteiger partial charge in [0.2, 0.25) is 0 Å². The molecule has 1 aromatic heterocycles. The van der Waals surface area contributed by atoms with Gasteiger partial charge in [0.05, 0.1) is 5.57 Å². The molecule has 3 heteroatoms. The number of hydrogen-bond donors (Lipinski definition) is 1. The Bertz CT molecular complexity index is 553. The average molecular weight is 244 g/mol. The highest BCUT2D eigenvalue weighted by molar-refractivity contribution is 7.11. The van der Waals surface area contributed by atoms with Crippen LogP contribution in [0.2, 0.25) is 0 Å². The van der Waals surface area contributed by atoms with E-state index < -0.39 is 5.97 Å². The lowest BCUT2D eigenvalue weighted by atomic mass is 10.1. The molecule has 0 radical (unpaired) electrons. The van der Waals surface area contributed by atoms with E-state index in [1.807, 2.05) is 48.7 Å². The smallest absolute Gasteiger partial charge is 0.337 e. The van der Waals surface area contributed by atoms with Crippen LogP contribution in [-0.2, 0) is 4.79 Å². The van der Waals surface area contributed by atoms with Crippen LogP contribution in [0.3, 0.4) is 0 Å². The topological polar surface area (TPSA) is 37.3 Å². The van der Waals surface area contributed by atoms with Crippen LogP contribution in [-0.4, -0.2) is 11.1 Å². The highest BCUT2D eigenvalue weighted by Crippen LogP contribution is 2.23. The lowest BCUT2D eigenvalue weighted by molar-refractivity contribution is -0.130. The normalized spacial score (nSPS) is 11.5. The number of carboxylic acid groups (broad SMARTS) is 1. The molecule has 17 heavy (non-hydrogen) atoms. The van der Waals surface area contributed by atoms with Crippen LogP contribution in [0.25, 0.3) is 11.6 Å². The molecular weight excluding hydrogens is 232 g/mol. The Morgan fingerprint density at radius 1 is 1.29 bits per heavy atom.